The Kier molecular flexibility index (Phi) is 8.15. The summed E-state index contributed by atoms with van der Waals surface area (Å²) in [6, 6.07) is 8.63. The second-order valence-corrected chi connectivity index (χ2v) is 10.3. The van der Waals surface area contributed by atoms with Crippen LogP contribution in [0.2, 0.25) is 0 Å². The van der Waals surface area contributed by atoms with Crippen molar-refractivity contribution in [3.05, 3.63) is 58.4 Å². The van der Waals surface area contributed by atoms with Gasteiger partial charge in [0.1, 0.15) is 22.5 Å². The van der Waals surface area contributed by atoms with E-state index in [2.05, 4.69) is 4.98 Å². The first-order chi connectivity index (χ1) is 15.7. The number of ketones is 1. The Labute approximate surface area is 210 Å². The minimum Gasteiger partial charge on any atom is -0.496 e. The van der Waals surface area contributed by atoms with Crippen LogP contribution in [0.15, 0.2) is 30.3 Å². The first-order valence-electron chi connectivity index (χ1n) is 11.2. The van der Waals surface area contributed by atoms with E-state index >= 15 is 0 Å². The Hall–Kier alpha value is -2.30. The van der Waals surface area contributed by atoms with Crippen molar-refractivity contribution in [2.75, 3.05) is 13.7 Å². The van der Waals surface area contributed by atoms with Crippen molar-refractivity contribution in [2.45, 2.75) is 56.7 Å². The molecule has 1 aliphatic heterocycles. The average molecular weight is 552 g/mol. The monoisotopic (exact) mass is 551 g/mol. The van der Waals surface area contributed by atoms with Gasteiger partial charge in [0.2, 0.25) is 0 Å². The number of hydrogen-bond donors (Lipinski definition) is 2. The summed E-state index contributed by atoms with van der Waals surface area (Å²) in [4.78, 5) is 19.4. The minimum absolute atomic E-state index is 0. The molecule has 8 nitrogen and oxygen atoms in total. The fraction of sp³-hybridized carbons (Fsp3) is 0.458. The third-order valence-corrected chi connectivity index (χ3v) is 7.52. The van der Waals surface area contributed by atoms with Gasteiger partial charge in [-0.3, -0.25) is 14.8 Å². The number of nitrogens with zero attached hydrogens (tertiary/aromatic N) is 2. The molecule has 0 saturated heterocycles. The zero-order valence-electron chi connectivity index (χ0n) is 19.3. The highest BCUT2D eigenvalue weighted by atomic mass is 79.9. The topological polar surface area (TPSA) is 121 Å². The molecule has 1 saturated carbocycles. The van der Waals surface area contributed by atoms with Gasteiger partial charge in [-0.1, -0.05) is 25.8 Å². The molecule has 0 radical (unpaired) electrons. The van der Waals surface area contributed by atoms with Crippen LogP contribution in [-0.2, 0) is 16.7 Å². The quantitative estimate of drug-likeness (QED) is 0.324. The molecule has 184 valence electrons. The number of hydrogen-bond acceptors (Lipinski definition) is 6. The first-order valence-corrected chi connectivity index (χ1v) is 12.7. The van der Waals surface area contributed by atoms with E-state index in [1.165, 1.54) is 13.2 Å². The molecule has 10 heteroatoms. The van der Waals surface area contributed by atoms with Gasteiger partial charge in [-0.2, -0.15) is 8.42 Å². The number of rotatable bonds is 10. The number of nitrogens with one attached hydrogen (secondary N) is 1. The van der Waals surface area contributed by atoms with Crippen LogP contribution in [0.3, 0.4) is 0 Å². The number of carbonyl (C=O) groups excluding carboxylic acids is 1. The first kappa shape index (κ1) is 26.3. The van der Waals surface area contributed by atoms with Crippen LogP contribution in [0.1, 0.15) is 83.1 Å². The molecule has 0 amide bonds. The van der Waals surface area contributed by atoms with Crippen molar-refractivity contribution in [3.63, 3.8) is 0 Å². The van der Waals surface area contributed by atoms with Crippen molar-refractivity contribution in [3.8, 4) is 5.75 Å². The van der Waals surface area contributed by atoms with Crippen molar-refractivity contribution >= 4 is 38.7 Å². The lowest BCUT2D eigenvalue weighted by molar-refractivity contribution is 0.0962. The van der Waals surface area contributed by atoms with E-state index in [0.717, 1.165) is 30.5 Å². The maximum Gasteiger partial charge on any atom is 0.272 e. The molecule has 1 unspecified atom stereocenters. The summed E-state index contributed by atoms with van der Waals surface area (Å²) >= 11 is 0. The highest BCUT2D eigenvalue weighted by Gasteiger charge is 2.32. The molecule has 1 aromatic carbocycles. The number of carbonyl (C=O) groups is 1. The number of aromatic nitrogens is 1. The minimum atomic E-state index is -4.38. The van der Waals surface area contributed by atoms with Crippen molar-refractivity contribution in [1.29, 1.82) is 5.41 Å². The van der Waals surface area contributed by atoms with Crippen LogP contribution in [-0.4, -0.2) is 48.1 Å². The number of ether oxygens (including phenoxy) is 1. The Balaban J connectivity index is 0.00000324. The highest BCUT2D eigenvalue weighted by molar-refractivity contribution is 8.93. The lowest BCUT2D eigenvalue weighted by Crippen LogP contribution is -2.30. The number of fused-ring (bicyclic) bond motifs is 1. The zero-order valence-corrected chi connectivity index (χ0v) is 21.8. The van der Waals surface area contributed by atoms with Crippen LogP contribution in [0.25, 0.3) is 0 Å². The van der Waals surface area contributed by atoms with Gasteiger partial charge >= 0.3 is 0 Å². The Morgan fingerprint density at radius 1 is 1.29 bits per heavy atom. The SMILES string of the molecule is Br.CCCCC(c1cc(C(=O)CN2Cc3ccc(C4CC4)nc3C2=N)ccc1OC)S(=O)(=O)O. The number of methoxy groups -OCH3 is 1. The number of halogens is 1. The second-order valence-electron chi connectivity index (χ2n) is 8.75. The maximum atomic E-state index is 13.1. The molecule has 2 N–H and O–H groups in total. The molecule has 0 spiro atoms. The van der Waals surface area contributed by atoms with Gasteiger partial charge in [-0.15, -0.1) is 17.0 Å². The van der Waals surface area contributed by atoms with Gasteiger partial charge in [0.05, 0.1) is 13.7 Å². The Bertz CT molecular complexity index is 1200. The molecule has 2 aliphatic rings. The van der Waals surface area contributed by atoms with Gasteiger partial charge in [0.25, 0.3) is 10.1 Å². The number of Topliss-reactive ketones (excluding diaryl/α,β-unsaturated/α-hetero) is 1. The summed E-state index contributed by atoms with van der Waals surface area (Å²) in [5.41, 5.74) is 3.16. The molecular weight excluding hydrogens is 522 g/mol. The second kappa shape index (κ2) is 10.5. The molecule has 2 aromatic rings. The van der Waals surface area contributed by atoms with Crippen LogP contribution < -0.4 is 4.74 Å². The molecule has 1 aromatic heterocycles. The van der Waals surface area contributed by atoms with Crippen LogP contribution in [0.5, 0.6) is 5.75 Å². The molecular formula is C24H30BrN3O5S. The lowest BCUT2D eigenvalue weighted by atomic mass is 10.0. The van der Waals surface area contributed by atoms with Crippen molar-refractivity contribution < 1.29 is 22.5 Å². The maximum absolute atomic E-state index is 13.1. The number of unbranched alkanes of at least 4 members (excludes halogenated alkanes) is 1. The zero-order chi connectivity index (χ0) is 23.8. The molecule has 1 atom stereocenters. The molecule has 1 fully saturated rings. The highest BCUT2D eigenvalue weighted by Crippen LogP contribution is 2.40. The summed E-state index contributed by atoms with van der Waals surface area (Å²) < 4.78 is 39.3. The summed E-state index contributed by atoms with van der Waals surface area (Å²) in [5, 5.41) is 7.35. The molecule has 2 heterocycles. The van der Waals surface area contributed by atoms with E-state index in [1.807, 2.05) is 19.1 Å². The van der Waals surface area contributed by atoms with Gasteiger partial charge < -0.3 is 9.64 Å². The number of amidine groups is 1. The van der Waals surface area contributed by atoms with Crippen molar-refractivity contribution in [1.82, 2.24) is 9.88 Å². The van der Waals surface area contributed by atoms with E-state index in [4.69, 9.17) is 10.1 Å². The summed E-state index contributed by atoms with van der Waals surface area (Å²) in [6.07, 6.45) is 3.85. The van der Waals surface area contributed by atoms with Crippen LogP contribution >= 0.6 is 17.0 Å². The normalized spacial score (nSPS) is 16.1. The molecule has 1 aliphatic carbocycles. The predicted molar refractivity (Wildman–Crippen MR) is 135 cm³/mol. The number of pyridine rings is 1. The standard InChI is InChI=1S/C24H29N3O5S.BrH/c1-3-4-5-22(33(29,30)31)18-12-16(9-11-21(18)32-2)20(28)14-27-13-17-8-10-19(15-6-7-15)26-23(17)24(27)25;/h8-12,15,22,25H,3-7,13-14H2,1-2H3,(H,29,30,31);1H. The smallest absolute Gasteiger partial charge is 0.272 e. The summed E-state index contributed by atoms with van der Waals surface area (Å²) in [5.74, 6) is 0.778. The average Bonchev–Trinajstić information content (AvgIpc) is 3.58. The van der Waals surface area contributed by atoms with E-state index in [9.17, 15) is 17.8 Å². The van der Waals surface area contributed by atoms with E-state index in [-0.39, 0.29) is 47.1 Å². The van der Waals surface area contributed by atoms with Gasteiger partial charge in [-0.25, -0.2) is 4.98 Å². The lowest BCUT2D eigenvalue weighted by Gasteiger charge is -2.20. The third kappa shape index (κ3) is 5.50. The van der Waals surface area contributed by atoms with E-state index in [0.29, 0.717) is 35.9 Å². The molecule has 4 rings (SSSR count). The molecule has 0 bridgehead atoms. The van der Waals surface area contributed by atoms with Crippen LogP contribution in [0, 0.1) is 5.41 Å². The van der Waals surface area contributed by atoms with Gasteiger partial charge in [0.15, 0.2) is 5.78 Å². The fourth-order valence-corrected chi connectivity index (χ4v) is 5.26. The summed E-state index contributed by atoms with van der Waals surface area (Å²) in [7, 11) is -2.96. The Morgan fingerprint density at radius 3 is 2.65 bits per heavy atom. The Morgan fingerprint density at radius 2 is 2.03 bits per heavy atom. The van der Waals surface area contributed by atoms with E-state index < -0.39 is 15.4 Å². The van der Waals surface area contributed by atoms with Gasteiger partial charge in [-0.05, 0) is 43.5 Å². The predicted octanol–water partition coefficient (Wildman–Crippen LogP) is 4.69. The van der Waals surface area contributed by atoms with Crippen molar-refractivity contribution in [2.24, 2.45) is 0 Å². The third-order valence-electron chi connectivity index (χ3n) is 6.31. The number of benzene rings is 1. The largest absolute Gasteiger partial charge is 0.496 e. The fourth-order valence-electron chi connectivity index (χ4n) is 4.29. The van der Waals surface area contributed by atoms with E-state index in [1.54, 1.807) is 17.0 Å². The van der Waals surface area contributed by atoms with Crippen LogP contribution in [0.4, 0.5) is 0 Å². The van der Waals surface area contributed by atoms with Gasteiger partial charge in [0, 0.05) is 34.8 Å². The molecule has 34 heavy (non-hydrogen) atoms. The summed E-state index contributed by atoms with van der Waals surface area (Å²) in [6.45, 7) is 2.35.